The summed E-state index contributed by atoms with van der Waals surface area (Å²) in [5.74, 6) is -1.02. The van der Waals surface area contributed by atoms with Crippen molar-refractivity contribution < 1.29 is 19.1 Å². The lowest BCUT2D eigenvalue weighted by molar-refractivity contribution is -0.143. The molecule has 1 aromatic heterocycles. The predicted octanol–water partition coefficient (Wildman–Crippen LogP) is 4.63. The Morgan fingerprint density at radius 3 is 2.52 bits per heavy atom. The van der Waals surface area contributed by atoms with E-state index < -0.39 is 18.0 Å². The van der Waals surface area contributed by atoms with Gasteiger partial charge in [0.05, 0.1) is 4.34 Å². The number of cyclic esters (lactones) is 1. The molecule has 2 heterocycles. The molecule has 1 aliphatic rings. The van der Waals surface area contributed by atoms with Crippen LogP contribution in [0.4, 0.5) is 0 Å². The normalized spacial score (nSPS) is 17.3. The first kappa shape index (κ1) is 16.1. The van der Waals surface area contributed by atoms with Crippen molar-refractivity contribution in [3.63, 3.8) is 0 Å². The minimum absolute atomic E-state index is 0.127. The number of hydrogen-bond acceptors (Lipinski definition) is 5. The molecule has 0 N–H and O–H groups in total. The Hall–Kier alpha value is -1.82. The third-order valence-electron chi connectivity index (χ3n) is 3.20. The van der Waals surface area contributed by atoms with Gasteiger partial charge in [-0.15, -0.1) is 11.3 Å². The van der Waals surface area contributed by atoms with E-state index in [4.69, 9.17) is 32.7 Å². The van der Waals surface area contributed by atoms with Gasteiger partial charge in [0.25, 0.3) is 0 Å². The quantitative estimate of drug-likeness (QED) is 0.741. The molecule has 2 aromatic rings. The summed E-state index contributed by atoms with van der Waals surface area (Å²) in [4.78, 5) is 23.8. The molecule has 0 radical (unpaired) electrons. The minimum Gasteiger partial charge on any atom is -0.445 e. The van der Waals surface area contributed by atoms with Crippen LogP contribution in [0.25, 0.3) is 5.57 Å². The van der Waals surface area contributed by atoms with E-state index in [0.717, 1.165) is 11.3 Å². The summed E-state index contributed by atoms with van der Waals surface area (Å²) in [5, 5.41) is 0. The number of carbonyl (C=O) groups excluding carboxylic acids is 2. The molecule has 1 aliphatic heterocycles. The van der Waals surface area contributed by atoms with E-state index in [2.05, 4.69) is 0 Å². The maximum Gasteiger partial charge on any atom is 0.343 e. The summed E-state index contributed by atoms with van der Waals surface area (Å²) in [5.41, 5.74) is 1.23. The molecule has 0 fully saturated rings. The zero-order chi connectivity index (χ0) is 16.6. The van der Waals surface area contributed by atoms with Gasteiger partial charge in [0.15, 0.2) is 11.9 Å². The average Bonchev–Trinajstić information content (AvgIpc) is 2.98. The van der Waals surface area contributed by atoms with Gasteiger partial charge in [0.1, 0.15) is 9.91 Å². The highest BCUT2D eigenvalue weighted by Gasteiger charge is 2.39. The van der Waals surface area contributed by atoms with Crippen LogP contribution in [0, 0.1) is 0 Å². The van der Waals surface area contributed by atoms with Crippen molar-refractivity contribution >= 4 is 52.1 Å². The summed E-state index contributed by atoms with van der Waals surface area (Å²) < 4.78 is 11.4. The maximum atomic E-state index is 12.3. The predicted molar refractivity (Wildman–Crippen MR) is 88.3 cm³/mol. The third kappa shape index (κ3) is 3.13. The highest BCUT2D eigenvalue weighted by Crippen LogP contribution is 2.45. The van der Waals surface area contributed by atoms with Gasteiger partial charge < -0.3 is 9.47 Å². The Morgan fingerprint density at radius 2 is 1.96 bits per heavy atom. The fraction of sp³-hybridized carbons (Fsp3) is 0.125. The Balaban J connectivity index is 2.16. The summed E-state index contributed by atoms with van der Waals surface area (Å²) >= 11 is 13.2. The first-order chi connectivity index (χ1) is 11.0. The molecule has 1 aromatic carbocycles. The van der Waals surface area contributed by atoms with Gasteiger partial charge in [-0.2, -0.15) is 0 Å². The van der Waals surface area contributed by atoms with Crippen molar-refractivity contribution in [1.82, 2.24) is 0 Å². The van der Waals surface area contributed by atoms with E-state index in [9.17, 15) is 9.59 Å². The number of benzene rings is 1. The minimum atomic E-state index is -0.794. The highest BCUT2D eigenvalue weighted by atomic mass is 35.5. The van der Waals surface area contributed by atoms with Crippen molar-refractivity contribution in [3.05, 3.63) is 62.0 Å². The lowest BCUT2D eigenvalue weighted by Gasteiger charge is -2.13. The molecule has 1 unspecified atom stereocenters. The molecule has 23 heavy (non-hydrogen) atoms. The molecule has 0 saturated carbocycles. The van der Waals surface area contributed by atoms with Crippen molar-refractivity contribution in [2.24, 2.45) is 0 Å². The largest absolute Gasteiger partial charge is 0.445 e. The van der Waals surface area contributed by atoms with E-state index >= 15 is 0 Å². The van der Waals surface area contributed by atoms with Crippen molar-refractivity contribution in [2.75, 3.05) is 0 Å². The Kier molecular flexibility index (Phi) is 4.43. The Morgan fingerprint density at radius 1 is 1.26 bits per heavy atom. The molecular formula is C16H10Cl2O4S. The molecule has 7 heteroatoms. The van der Waals surface area contributed by atoms with Crippen molar-refractivity contribution in [3.8, 4) is 0 Å². The Labute approximate surface area is 146 Å². The fourth-order valence-corrected chi connectivity index (χ4v) is 3.79. The second-order valence-corrected chi connectivity index (χ2v) is 7.05. The lowest BCUT2D eigenvalue weighted by atomic mass is 10.0. The van der Waals surface area contributed by atoms with Crippen LogP contribution < -0.4 is 0 Å². The summed E-state index contributed by atoms with van der Waals surface area (Å²) in [7, 11) is 0. The van der Waals surface area contributed by atoms with Crippen LogP contribution in [0.1, 0.15) is 24.2 Å². The highest BCUT2D eigenvalue weighted by molar-refractivity contribution is 7.20. The molecule has 118 valence electrons. The van der Waals surface area contributed by atoms with E-state index in [1.165, 1.54) is 6.92 Å². The molecule has 0 spiro atoms. The van der Waals surface area contributed by atoms with Gasteiger partial charge >= 0.3 is 11.9 Å². The molecule has 4 nitrogen and oxygen atoms in total. The number of halogens is 2. The van der Waals surface area contributed by atoms with E-state index in [1.807, 2.05) is 6.07 Å². The molecule has 0 amide bonds. The summed E-state index contributed by atoms with van der Waals surface area (Å²) in [6, 6.07) is 10.6. The van der Waals surface area contributed by atoms with Crippen LogP contribution in [0.3, 0.4) is 0 Å². The average molecular weight is 369 g/mol. The van der Waals surface area contributed by atoms with Gasteiger partial charge in [0, 0.05) is 18.1 Å². The van der Waals surface area contributed by atoms with Crippen LogP contribution in [-0.2, 0) is 19.1 Å². The molecule has 0 aliphatic carbocycles. The van der Waals surface area contributed by atoms with Crippen LogP contribution in [0.15, 0.2) is 42.2 Å². The van der Waals surface area contributed by atoms with Gasteiger partial charge in [-0.25, -0.2) is 4.79 Å². The van der Waals surface area contributed by atoms with Gasteiger partial charge in [-0.1, -0.05) is 53.5 Å². The van der Waals surface area contributed by atoms with E-state index in [0.29, 0.717) is 19.8 Å². The van der Waals surface area contributed by atoms with Crippen LogP contribution >= 0.6 is 34.5 Å². The number of rotatable bonds is 3. The SMILES string of the molecule is CC(=O)OC1=C(c2cc(Cl)sc2Cl)C(=O)OC1c1ccccc1. The second-order valence-electron chi connectivity index (χ2n) is 4.77. The topological polar surface area (TPSA) is 52.6 Å². The summed E-state index contributed by atoms with van der Waals surface area (Å²) in [6.45, 7) is 1.26. The number of esters is 2. The first-order valence-electron chi connectivity index (χ1n) is 6.61. The molecule has 0 saturated heterocycles. The van der Waals surface area contributed by atoms with E-state index in [-0.39, 0.29) is 11.3 Å². The zero-order valence-electron chi connectivity index (χ0n) is 11.8. The zero-order valence-corrected chi connectivity index (χ0v) is 14.2. The molecule has 0 bridgehead atoms. The molecular weight excluding hydrogens is 359 g/mol. The standard InChI is InChI=1S/C16H10Cl2O4S/c1-8(19)21-14-12(10-7-11(17)23-15(10)18)16(20)22-13(14)9-5-3-2-4-6-9/h2-7,13H,1H3. The fourth-order valence-electron chi connectivity index (χ4n) is 2.31. The third-order valence-corrected chi connectivity index (χ3v) is 4.68. The Bertz CT molecular complexity index is 811. The van der Waals surface area contributed by atoms with Crippen LogP contribution in [-0.4, -0.2) is 11.9 Å². The molecule has 1 atom stereocenters. The van der Waals surface area contributed by atoms with Crippen molar-refractivity contribution in [1.29, 1.82) is 0 Å². The first-order valence-corrected chi connectivity index (χ1v) is 8.18. The molecule has 3 rings (SSSR count). The van der Waals surface area contributed by atoms with Crippen LogP contribution in [0.5, 0.6) is 0 Å². The smallest absolute Gasteiger partial charge is 0.343 e. The number of carbonyl (C=O) groups is 2. The van der Waals surface area contributed by atoms with Crippen LogP contribution in [0.2, 0.25) is 8.67 Å². The maximum absolute atomic E-state index is 12.3. The number of thiophene rings is 1. The van der Waals surface area contributed by atoms with Gasteiger partial charge in [-0.05, 0) is 6.07 Å². The summed E-state index contributed by atoms with van der Waals surface area (Å²) in [6.07, 6.45) is -0.794. The van der Waals surface area contributed by atoms with Gasteiger partial charge in [0.2, 0.25) is 0 Å². The van der Waals surface area contributed by atoms with Gasteiger partial charge in [-0.3, -0.25) is 4.79 Å². The second kappa shape index (κ2) is 6.35. The number of ether oxygens (including phenoxy) is 2. The van der Waals surface area contributed by atoms with E-state index in [1.54, 1.807) is 30.3 Å². The number of hydrogen-bond donors (Lipinski definition) is 0. The van der Waals surface area contributed by atoms with Crippen molar-refractivity contribution in [2.45, 2.75) is 13.0 Å². The monoisotopic (exact) mass is 368 g/mol. The lowest BCUT2D eigenvalue weighted by Crippen LogP contribution is -2.07.